The van der Waals surface area contributed by atoms with E-state index in [0.717, 1.165) is 55.7 Å². The molecule has 17 heteroatoms. The number of aryl methyl sites for hydroxylation is 1. The Hall–Kier alpha value is -7.27. The first kappa shape index (κ1) is 53.5. The number of nitrogens with zero attached hydrogens (tertiary/aromatic N) is 7. The maximum atomic E-state index is 14.0. The number of ether oxygens (including phenoxy) is 5. The SMILES string of the molecule is CCn1c(-c2cccnc2C(C)OC)c(CC(C)(C)n2cc([C@@H]3CCCN(C(=O)OC(C)(C)C)N3C(=O)OC(C)(C)C)nn2)c2cc(-c3cccc(CC(NC(=O)OCc4ccccc4)C(=O)OC)c3)ccc21. The maximum absolute atomic E-state index is 14.0. The van der Waals surface area contributed by atoms with Gasteiger partial charge in [0.25, 0.3) is 0 Å². The fourth-order valence-electron chi connectivity index (χ4n) is 9.20. The molecule has 1 fully saturated rings. The Bertz CT molecular complexity index is 2920. The van der Waals surface area contributed by atoms with Gasteiger partial charge in [-0.05, 0) is 141 Å². The normalized spacial score (nSPS) is 15.2. The van der Waals surface area contributed by atoms with E-state index in [1.54, 1.807) is 54.8 Å². The number of alkyl carbamates (subject to hydrolysis) is 1. The zero-order chi connectivity index (χ0) is 52.8. The Labute approximate surface area is 428 Å². The highest BCUT2D eigenvalue weighted by Crippen LogP contribution is 2.42. The molecule has 3 aromatic heterocycles. The largest absolute Gasteiger partial charge is 0.467 e. The van der Waals surface area contributed by atoms with Crippen LogP contribution in [0.5, 0.6) is 0 Å². The Morgan fingerprint density at radius 1 is 0.822 bits per heavy atom. The summed E-state index contributed by atoms with van der Waals surface area (Å²) in [5, 5.41) is 15.8. The van der Waals surface area contributed by atoms with Gasteiger partial charge in [0.2, 0.25) is 0 Å². The van der Waals surface area contributed by atoms with Crippen molar-refractivity contribution in [2.24, 2.45) is 0 Å². The monoisotopic (exact) mass is 999 g/mol. The summed E-state index contributed by atoms with van der Waals surface area (Å²) in [4.78, 5) is 58.5. The molecule has 1 N–H and O–H groups in total. The van der Waals surface area contributed by atoms with Gasteiger partial charge in [-0.3, -0.25) is 4.98 Å². The first-order valence-electron chi connectivity index (χ1n) is 24.8. The van der Waals surface area contributed by atoms with Gasteiger partial charge >= 0.3 is 24.2 Å². The van der Waals surface area contributed by atoms with E-state index in [1.807, 2.05) is 78.5 Å². The van der Waals surface area contributed by atoms with Crippen LogP contribution in [-0.2, 0) is 60.0 Å². The molecule has 7 rings (SSSR count). The van der Waals surface area contributed by atoms with Crippen LogP contribution in [-0.4, -0.2) is 96.8 Å². The lowest BCUT2D eigenvalue weighted by molar-refractivity contribution is -0.143. The standard InChI is InChI=1S/C56H70N8O9/c1-13-61-46-27-26-40(39-23-17-22-38(30-39)31-44(50(65)70-12)58-51(66)71-35-37-20-15-14-16-21-37)32-42(46)43(49(61)41-24-18-28-57-48(41)36(2)69-11)33-56(9,10)63-34-45(59-60-63)47-25-19-29-62(52(67)72-54(3,4)5)64(47)53(68)73-55(6,7)8/h14-18,20-24,26-28,30,32,34,36,44,47H,13,19,25,29,31,33,35H2,1-12H3,(H,58,66)/t36?,44?,47-/m0/s1. The van der Waals surface area contributed by atoms with Gasteiger partial charge < -0.3 is 33.6 Å². The molecular weight excluding hydrogens is 929 g/mol. The minimum atomic E-state index is -0.996. The number of rotatable bonds is 15. The zero-order valence-electron chi connectivity index (χ0n) is 44.2. The number of amides is 3. The number of methoxy groups -OCH3 is 2. The Balaban J connectivity index is 1.27. The number of nitrogens with one attached hydrogen (secondary N) is 1. The number of benzene rings is 3. The van der Waals surface area contributed by atoms with E-state index in [9.17, 15) is 19.2 Å². The molecule has 1 saturated heterocycles. The average Bonchev–Trinajstić information content (AvgIpc) is 3.98. The van der Waals surface area contributed by atoms with E-state index >= 15 is 0 Å². The van der Waals surface area contributed by atoms with E-state index in [0.29, 0.717) is 31.5 Å². The van der Waals surface area contributed by atoms with E-state index in [2.05, 4.69) is 60.0 Å². The number of fused-ring (bicyclic) bond motifs is 1. The second-order valence-electron chi connectivity index (χ2n) is 21.0. The van der Waals surface area contributed by atoms with Gasteiger partial charge in [-0.15, -0.1) is 5.10 Å². The minimum absolute atomic E-state index is 0.0534. The molecule has 0 aliphatic carbocycles. The summed E-state index contributed by atoms with van der Waals surface area (Å²) in [6, 6.07) is 26.0. The summed E-state index contributed by atoms with van der Waals surface area (Å²) in [7, 11) is 2.97. The zero-order valence-corrected chi connectivity index (χ0v) is 44.2. The van der Waals surface area contributed by atoms with Crippen molar-refractivity contribution in [1.29, 1.82) is 0 Å². The van der Waals surface area contributed by atoms with Crippen LogP contribution in [0.1, 0.15) is 122 Å². The highest BCUT2D eigenvalue weighted by atomic mass is 16.6. The van der Waals surface area contributed by atoms with E-state index in [-0.39, 0.29) is 25.7 Å². The van der Waals surface area contributed by atoms with Gasteiger partial charge in [0, 0.05) is 49.3 Å². The van der Waals surface area contributed by atoms with Gasteiger partial charge in [-0.2, -0.15) is 0 Å². The smallest absolute Gasteiger partial charge is 0.430 e. The van der Waals surface area contributed by atoms with Gasteiger partial charge in [0.1, 0.15) is 35.6 Å². The molecule has 3 aromatic carbocycles. The quantitative estimate of drug-likeness (QED) is 0.0760. The number of esters is 1. The molecule has 73 heavy (non-hydrogen) atoms. The van der Waals surface area contributed by atoms with E-state index in [1.165, 1.54) is 17.1 Å². The molecule has 1 aliphatic rings. The van der Waals surface area contributed by atoms with Crippen LogP contribution < -0.4 is 5.32 Å². The lowest BCUT2D eigenvalue weighted by Crippen LogP contribution is -2.56. The number of aromatic nitrogens is 5. The second-order valence-corrected chi connectivity index (χ2v) is 21.0. The number of pyridine rings is 1. The number of hydrogen-bond donors (Lipinski definition) is 1. The van der Waals surface area contributed by atoms with Crippen LogP contribution in [0, 0.1) is 0 Å². The lowest BCUT2D eigenvalue weighted by atomic mass is 9.89. The third kappa shape index (κ3) is 12.7. The number of carbonyl (C=O) groups excluding carboxylic acids is 4. The van der Waals surface area contributed by atoms with Gasteiger partial charge in [-0.1, -0.05) is 65.9 Å². The summed E-state index contributed by atoms with van der Waals surface area (Å²) >= 11 is 0. The molecule has 6 aromatic rings. The van der Waals surface area contributed by atoms with Gasteiger partial charge in [0.15, 0.2) is 0 Å². The summed E-state index contributed by atoms with van der Waals surface area (Å²) in [5.41, 5.74) is 6.40. The fraction of sp³-hybridized carbons (Fsp3) is 0.446. The fourth-order valence-corrected chi connectivity index (χ4v) is 9.20. The van der Waals surface area contributed by atoms with Gasteiger partial charge in [-0.25, -0.2) is 33.9 Å². The highest BCUT2D eigenvalue weighted by molar-refractivity contribution is 5.95. The summed E-state index contributed by atoms with van der Waals surface area (Å²) in [6.07, 6.45) is 3.00. The Morgan fingerprint density at radius 3 is 2.21 bits per heavy atom. The van der Waals surface area contributed by atoms with Crippen molar-refractivity contribution in [2.75, 3.05) is 20.8 Å². The lowest BCUT2D eigenvalue weighted by Gasteiger charge is -2.43. The first-order valence-corrected chi connectivity index (χ1v) is 24.8. The molecule has 2 unspecified atom stereocenters. The van der Waals surface area contributed by atoms with Crippen molar-refractivity contribution >= 4 is 35.2 Å². The third-order valence-electron chi connectivity index (χ3n) is 12.7. The van der Waals surface area contributed by atoms with Crippen LogP contribution >= 0.6 is 0 Å². The summed E-state index contributed by atoms with van der Waals surface area (Å²) in [6.45, 7) is 20.0. The molecule has 388 valence electrons. The predicted molar refractivity (Wildman–Crippen MR) is 277 cm³/mol. The topological polar surface area (TPSA) is 181 Å². The molecule has 0 saturated carbocycles. The molecule has 3 amide bonds. The summed E-state index contributed by atoms with van der Waals surface area (Å²) < 4.78 is 32.2. The molecule has 0 radical (unpaired) electrons. The highest BCUT2D eigenvalue weighted by Gasteiger charge is 2.43. The molecule has 0 spiro atoms. The first-order chi connectivity index (χ1) is 34.6. The molecule has 4 heterocycles. The second kappa shape index (κ2) is 22.2. The van der Waals surface area contributed by atoms with Crippen molar-refractivity contribution in [1.82, 2.24) is 39.9 Å². The number of hydrazine groups is 1. The molecule has 3 atom stereocenters. The predicted octanol–water partition coefficient (Wildman–Crippen LogP) is 10.9. The maximum Gasteiger partial charge on any atom is 0.430 e. The van der Waals surface area contributed by atoms with Crippen LogP contribution in [0.4, 0.5) is 14.4 Å². The van der Waals surface area contributed by atoms with Crippen LogP contribution in [0.15, 0.2) is 97.3 Å². The number of hydrogen-bond acceptors (Lipinski definition) is 12. The number of carbonyl (C=O) groups is 4. The van der Waals surface area contributed by atoms with E-state index < -0.39 is 53.1 Å². The van der Waals surface area contributed by atoms with Crippen molar-refractivity contribution in [3.8, 4) is 22.4 Å². The van der Waals surface area contributed by atoms with Crippen molar-refractivity contribution in [3.63, 3.8) is 0 Å². The molecule has 1 aliphatic heterocycles. The third-order valence-corrected chi connectivity index (χ3v) is 12.7. The molecule has 17 nitrogen and oxygen atoms in total. The molecular formula is C56H70N8O9. The van der Waals surface area contributed by atoms with Crippen LogP contribution in [0.3, 0.4) is 0 Å². The van der Waals surface area contributed by atoms with Crippen molar-refractivity contribution < 1.29 is 42.9 Å². The van der Waals surface area contributed by atoms with E-state index in [4.69, 9.17) is 33.9 Å². The average molecular weight is 999 g/mol. The van der Waals surface area contributed by atoms with Crippen molar-refractivity contribution in [3.05, 3.63) is 125 Å². The minimum Gasteiger partial charge on any atom is -0.467 e. The Morgan fingerprint density at radius 2 is 1.52 bits per heavy atom. The summed E-state index contributed by atoms with van der Waals surface area (Å²) in [5.74, 6) is -0.594. The van der Waals surface area contributed by atoms with Crippen LogP contribution in [0.2, 0.25) is 0 Å². The Kier molecular flexibility index (Phi) is 16.3. The molecule has 0 bridgehead atoms. The van der Waals surface area contributed by atoms with Crippen LogP contribution in [0.25, 0.3) is 33.3 Å². The van der Waals surface area contributed by atoms with Crippen molar-refractivity contribution in [2.45, 2.75) is 143 Å². The van der Waals surface area contributed by atoms with Gasteiger partial charge in [0.05, 0.1) is 36.3 Å².